The molecule has 1 N–H and O–H groups in total. The van der Waals surface area contributed by atoms with E-state index in [2.05, 4.69) is 15.9 Å². The first-order valence-corrected chi connectivity index (χ1v) is 6.43. The van der Waals surface area contributed by atoms with Crippen LogP contribution in [0.5, 0.6) is 5.75 Å². The first-order chi connectivity index (χ1) is 8.59. The van der Waals surface area contributed by atoms with Gasteiger partial charge in [-0.3, -0.25) is 9.59 Å². The summed E-state index contributed by atoms with van der Waals surface area (Å²) in [5, 5.41) is 9.83. The lowest BCUT2D eigenvalue weighted by Crippen LogP contribution is -2.53. The van der Waals surface area contributed by atoms with Crippen LogP contribution in [-0.4, -0.2) is 39.9 Å². The number of carbonyl (C=O) groups is 1. The zero-order valence-corrected chi connectivity index (χ0v) is 11.0. The third kappa shape index (κ3) is 1.58. The van der Waals surface area contributed by atoms with Crippen LogP contribution in [0.2, 0.25) is 0 Å². The minimum absolute atomic E-state index is 0.0463. The van der Waals surface area contributed by atoms with Gasteiger partial charge >= 0.3 is 0 Å². The van der Waals surface area contributed by atoms with Crippen molar-refractivity contribution < 1.29 is 14.6 Å². The number of hydrogen-bond acceptors (Lipinski definition) is 4. The molecule has 0 bridgehead atoms. The second-order valence-corrected chi connectivity index (χ2v) is 5.19. The number of amides is 1. The van der Waals surface area contributed by atoms with E-state index in [4.69, 9.17) is 4.74 Å². The highest BCUT2D eigenvalue weighted by Gasteiger charge is 2.37. The summed E-state index contributed by atoms with van der Waals surface area (Å²) in [6.45, 7) is 1.64. The first kappa shape index (κ1) is 11.7. The van der Waals surface area contributed by atoms with Crippen molar-refractivity contribution in [3.63, 3.8) is 0 Å². The molecule has 3 heterocycles. The number of pyridine rings is 1. The lowest BCUT2D eigenvalue weighted by atomic mass is 10.1. The lowest BCUT2D eigenvalue weighted by Gasteiger charge is -2.40. The molecule has 1 atom stereocenters. The van der Waals surface area contributed by atoms with E-state index in [0.29, 0.717) is 19.7 Å². The molecule has 6 nitrogen and oxygen atoms in total. The summed E-state index contributed by atoms with van der Waals surface area (Å²) >= 11 is 3.07. The number of aromatic hydroxyl groups is 1. The molecule has 1 amide bonds. The van der Waals surface area contributed by atoms with Crippen LogP contribution in [0.15, 0.2) is 15.5 Å². The number of nitrogens with zero attached hydrogens (tertiary/aromatic N) is 2. The van der Waals surface area contributed by atoms with Gasteiger partial charge in [0.1, 0.15) is 0 Å². The molecular formula is C11H11BrN2O4. The molecule has 0 radical (unpaired) electrons. The highest BCUT2D eigenvalue weighted by atomic mass is 79.9. The Hall–Kier alpha value is -1.34. The molecular weight excluding hydrogens is 304 g/mol. The van der Waals surface area contributed by atoms with E-state index in [9.17, 15) is 14.7 Å². The molecule has 96 valence electrons. The summed E-state index contributed by atoms with van der Waals surface area (Å²) in [6.07, 6.45) is 1.97. The molecule has 0 saturated carbocycles. The number of rotatable bonds is 0. The Labute approximate surface area is 111 Å². The van der Waals surface area contributed by atoms with Crippen LogP contribution in [-0.2, 0) is 11.3 Å². The van der Waals surface area contributed by atoms with Crippen LogP contribution < -0.4 is 5.43 Å². The molecule has 7 heteroatoms. The van der Waals surface area contributed by atoms with Gasteiger partial charge in [0.15, 0.2) is 17.7 Å². The quantitative estimate of drug-likeness (QED) is 0.758. The minimum atomic E-state index is -0.564. The average Bonchev–Trinajstić information content (AvgIpc) is 2.36. The Morgan fingerprint density at radius 2 is 2.22 bits per heavy atom. The van der Waals surface area contributed by atoms with Crippen molar-refractivity contribution in [1.82, 2.24) is 9.47 Å². The highest BCUT2D eigenvalue weighted by Crippen LogP contribution is 2.27. The molecule has 2 aliphatic rings. The molecule has 3 rings (SSSR count). The SMILES string of the molecule is O=C1c2c(O)c(=O)c(Br)cn2CC2OCCCN12. The van der Waals surface area contributed by atoms with Crippen molar-refractivity contribution in [1.29, 1.82) is 0 Å². The normalized spacial score (nSPS) is 22.6. The zero-order chi connectivity index (χ0) is 12.9. The van der Waals surface area contributed by atoms with E-state index < -0.39 is 11.2 Å². The molecule has 1 aromatic heterocycles. The Morgan fingerprint density at radius 1 is 1.44 bits per heavy atom. The van der Waals surface area contributed by atoms with E-state index in [1.54, 1.807) is 9.47 Å². The first-order valence-electron chi connectivity index (χ1n) is 5.64. The maximum atomic E-state index is 12.2. The Balaban J connectivity index is 2.16. The van der Waals surface area contributed by atoms with Gasteiger partial charge in [-0.25, -0.2) is 0 Å². The zero-order valence-electron chi connectivity index (χ0n) is 9.43. The number of carbonyl (C=O) groups excluding carboxylic acids is 1. The maximum absolute atomic E-state index is 12.2. The van der Waals surface area contributed by atoms with Crippen LogP contribution in [0, 0.1) is 0 Å². The highest BCUT2D eigenvalue weighted by molar-refractivity contribution is 9.10. The summed E-state index contributed by atoms with van der Waals surface area (Å²) in [6, 6.07) is 0. The summed E-state index contributed by atoms with van der Waals surface area (Å²) in [5.74, 6) is -0.855. The van der Waals surface area contributed by atoms with Crippen LogP contribution in [0.3, 0.4) is 0 Å². The summed E-state index contributed by atoms with van der Waals surface area (Å²) < 4.78 is 7.33. The van der Waals surface area contributed by atoms with Crippen molar-refractivity contribution >= 4 is 21.8 Å². The van der Waals surface area contributed by atoms with Gasteiger partial charge in [0.05, 0.1) is 17.6 Å². The van der Waals surface area contributed by atoms with Gasteiger partial charge in [0.25, 0.3) is 5.91 Å². The second kappa shape index (κ2) is 4.10. The Bertz CT molecular complexity index is 583. The van der Waals surface area contributed by atoms with Gasteiger partial charge in [-0.1, -0.05) is 0 Å². The number of ether oxygens (including phenoxy) is 1. The van der Waals surface area contributed by atoms with Crippen molar-refractivity contribution in [2.45, 2.75) is 19.2 Å². The third-order valence-corrected chi connectivity index (χ3v) is 3.80. The van der Waals surface area contributed by atoms with Gasteiger partial charge in [0, 0.05) is 12.7 Å². The smallest absolute Gasteiger partial charge is 0.276 e. The van der Waals surface area contributed by atoms with Crippen LogP contribution in [0.4, 0.5) is 0 Å². The maximum Gasteiger partial charge on any atom is 0.276 e. The second-order valence-electron chi connectivity index (χ2n) is 4.33. The van der Waals surface area contributed by atoms with E-state index in [1.807, 2.05) is 0 Å². The lowest BCUT2D eigenvalue weighted by molar-refractivity contribution is -0.0920. The Morgan fingerprint density at radius 3 is 3.00 bits per heavy atom. The van der Waals surface area contributed by atoms with Crippen molar-refractivity contribution in [2.24, 2.45) is 0 Å². The van der Waals surface area contributed by atoms with Crippen molar-refractivity contribution in [2.75, 3.05) is 13.2 Å². The number of fused-ring (bicyclic) bond motifs is 2. The van der Waals surface area contributed by atoms with Gasteiger partial charge in [-0.2, -0.15) is 0 Å². The van der Waals surface area contributed by atoms with Crippen molar-refractivity contribution in [3.05, 3.63) is 26.6 Å². The van der Waals surface area contributed by atoms with Gasteiger partial charge in [-0.05, 0) is 22.4 Å². The summed E-state index contributed by atoms with van der Waals surface area (Å²) in [5.41, 5.74) is -0.518. The van der Waals surface area contributed by atoms with Gasteiger partial charge < -0.3 is 19.3 Å². The van der Waals surface area contributed by atoms with Crippen LogP contribution in [0.25, 0.3) is 0 Å². The van der Waals surface area contributed by atoms with Gasteiger partial charge in [0.2, 0.25) is 5.43 Å². The standard InChI is InChI=1S/C11H11BrN2O4/c12-6-4-13-5-7-14(2-1-3-18-7)11(17)8(13)10(16)9(6)15/h4,7,16H,1-3,5H2. The monoisotopic (exact) mass is 314 g/mol. The van der Waals surface area contributed by atoms with Crippen molar-refractivity contribution in [3.8, 4) is 5.75 Å². The molecule has 0 aliphatic carbocycles. The molecule has 1 unspecified atom stereocenters. The van der Waals surface area contributed by atoms with E-state index in [-0.39, 0.29) is 22.3 Å². The topological polar surface area (TPSA) is 71.8 Å². The van der Waals surface area contributed by atoms with E-state index >= 15 is 0 Å². The summed E-state index contributed by atoms with van der Waals surface area (Å²) in [4.78, 5) is 25.4. The third-order valence-electron chi connectivity index (χ3n) is 3.23. The molecule has 0 aromatic carbocycles. The molecule has 1 fully saturated rings. The average molecular weight is 315 g/mol. The molecule has 0 spiro atoms. The fraction of sp³-hybridized carbons (Fsp3) is 0.455. The number of halogens is 1. The van der Waals surface area contributed by atoms with E-state index in [0.717, 1.165) is 6.42 Å². The molecule has 18 heavy (non-hydrogen) atoms. The summed E-state index contributed by atoms with van der Waals surface area (Å²) in [7, 11) is 0. The fourth-order valence-corrected chi connectivity index (χ4v) is 2.80. The molecule has 1 saturated heterocycles. The largest absolute Gasteiger partial charge is 0.503 e. The van der Waals surface area contributed by atoms with E-state index in [1.165, 1.54) is 6.20 Å². The number of hydrogen-bond donors (Lipinski definition) is 1. The predicted octanol–water partition coefficient (Wildman–Crippen LogP) is 0.519. The molecule has 2 aliphatic heterocycles. The Kier molecular flexibility index (Phi) is 2.67. The van der Waals surface area contributed by atoms with Gasteiger partial charge in [-0.15, -0.1) is 0 Å². The van der Waals surface area contributed by atoms with Crippen LogP contribution >= 0.6 is 15.9 Å². The predicted molar refractivity (Wildman–Crippen MR) is 65.5 cm³/mol. The fourth-order valence-electron chi connectivity index (χ4n) is 2.36. The minimum Gasteiger partial charge on any atom is -0.503 e. The van der Waals surface area contributed by atoms with Crippen LogP contribution in [0.1, 0.15) is 16.9 Å². The molecule has 1 aromatic rings. The number of aromatic nitrogens is 1.